The van der Waals surface area contributed by atoms with Crippen molar-refractivity contribution in [3.8, 4) is 17.2 Å². The lowest BCUT2D eigenvalue weighted by molar-refractivity contribution is 0.0893. The third-order valence-electron chi connectivity index (χ3n) is 4.12. The van der Waals surface area contributed by atoms with E-state index in [4.69, 9.17) is 16.1 Å². The highest BCUT2D eigenvalue weighted by molar-refractivity contribution is 6.30. The maximum atomic E-state index is 12.1. The number of aromatic nitrogens is 5. The number of nitrogens with zero attached hydrogens (tertiary/aromatic N) is 5. The normalized spacial score (nSPS) is 14.8. The van der Waals surface area contributed by atoms with Crippen LogP contribution in [0.4, 0.5) is 0 Å². The van der Waals surface area contributed by atoms with Crippen LogP contribution in [0.5, 0.6) is 0 Å². The molecule has 0 bridgehead atoms. The number of nitrogens with one attached hydrogen (secondary N) is 1. The Bertz CT molecular complexity index is 882. The highest BCUT2D eigenvalue weighted by atomic mass is 35.5. The Morgan fingerprint density at radius 3 is 2.76 bits per heavy atom. The van der Waals surface area contributed by atoms with Gasteiger partial charge in [-0.25, -0.2) is 4.68 Å². The zero-order valence-electron chi connectivity index (χ0n) is 13.2. The predicted molar refractivity (Wildman–Crippen MR) is 89.4 cm³/mol. The van der Waals surface area contributed by atoms with Gasteiger partial charge in [-0.15, -0.1) is 5.10 Å². The molecule has 9 heteroatoms. The molecule has 1 N–H and O–H groups in total. The summed E-state index contributed by atoms with van der Waals surface area (Å²) < 4.78 is 6.62. The van der Waals surface area contributed by atoms with Crippen molar-refractivity contribution in [3.63, 3.8) is 0 Å². The second-order valence-corrected chi connectivity index (χ2v) is 6.34. The van der Waals surface area contributed by atoms with Crippen molar-refractivity contribution in [2.45, 2.75) is 31.7 Å². The number of carbonyl (C=O) groups excluding carboxylic acids is 1. The molecule has 1 amide bonds. The topological polar surface area (TPSA) is 98.7 Å². The van der Waals surface area contributed by atoms with Gasteiger partial charge in [-0.3, -0.25) is 4.79 Å². The van der Waals surface area contributed by atoms with E-state index >= 15 is 0 Å². The van der Waals surface area contributed by atoms with Gasteiger partial charge in [0.15, 0.2) is 5.69 Å². The minimum absolute atomic E-state index is 0.0667. The Labute approximate surface area is 148 Å². The molecule has 0 aliphatic heterocycles. The monoisotopic (exact) mass is 358 g/mol. The molecule has 1 aliphatic carbocycles. The number of halogens is 1. The summed E-state index contributed by atoms with van der Waals surface area (Å²) in [6, 6.07) is 7.35. The van der Waals surface area contributed by atoms with Crippen LogP contribution in [-0.2, 0) is 0 Å². The molecule has 1 aromatic carbocycles. The first-order valence-corrected chi connectivity index (χ1v) is 8.40. The summed E-state index contributed by atoms with van der Waals surface area (Å²) in [6.45, 7) is 0. The average molecular weight is 359 g/mol. The van der Waals surface area contributed by atoms with Crippen molar-refractivity contribution in [2.75, 3.05) is 0 Å². The highest BCUT2D eigenvalue weighted by Crippen LogP contribution is 2.19. The smallest absolute Gasteiger partial charge is 0.316 e. The first-order valence-electron chi connectivity index (χ1n) is 8.02. The van der Waals surface area contributed by atoms with Crippen LogP contribution in [0.3, 0.4) is 0 Å². The van der Waals surface area contributed by atoms with Gasteiger partial charge in [0, 0.05) is 11.1 Å². The predicted octanol–water partition coefficient (Wildman–Crippen LogP) is 2.64. The molecule has 4 rings (SSSR count). The third-order valence-corrected chi connectivity index (χ3v) is 4.38. The Kier molecular flexibility index (Phi) is 4.19. The fraction of sp³-hybridized carbons (Fsp3) is 0.312. The SMILES string of the molecule is O=C(NC1CCCC1)c1nc(-c2cn(-c3ccc(Cl)cc3)nn2)no1. The van der Waals surface area contributed by atoms with E-state index in [1.54, 1.807) is 23.0 Å². The highest BCUT2D eigenvalue weighted by Gasteiger charge is 2.22. The molecule has 0 saturated heterocycles. The maximum absolute atomic E-state index is 12.1. The Hall–Kier alpha value is -2.74. The summed E-state index contributed by atoms with van der Waals surface area (Å²) >= 11 is 5.88. The number of hydrogen-bond donors (Lipinski definition) is 1. The van der Waals surface area contributed by atoms with Crippen LogP contribution in [0.25, 0.3) is 17.2 Å². The lowest BCUT2D eigenvalue weighted by atomic mass is 10.2. The first kappa shape index (κ1) is 15.8. The van der Waals surface area contributed by atoms with E-state index in [2.05, 4.69) is 25.8 Å². The summed E-state index contributed by atoms with van der Waals surface area (Å²) in [5, 5.41) is 15.4. The molecule has 1 fully saturated rings. The molecule has 3 aromatic rings. The lowest BCUT2D eigenvalue weighted by Crippen LogP contribution is -2.32. The molecule has 25 heavy (non-hydrogen) atoms. The number of benzene rings is 1. The van der Waals surface area contributed by atoms with Gasteiger partial charge in [0.2, 0.25) is 5.82 Å². The molecule has 128 valence electrons. The molecular weight excluding hydrogens is 344 g/mol. The van der Waals surface area contributed by atoms with E-state index in [0.717, 1.165) is 31.4 Å². The van der Waals surface area contributed by atoms with Gasteiger partial charge in [-0.2, -0.15) is 4.98 Å². The summed E-state index contributed by atoms with van der Waals surface area (Å²) in [5.41, 5.74) is 1.21. The van der Waals surface area contributed by atoms with Crippen LogP contribution in [0, 0.1) is 0 Å². The number of amides is 1. The minimum Gasteiger partial charge on any atom is -0.345 e. The van der Waals surface area contributed by atoms with Crippen LogP contribution < -0.4 is 5.32 Å². The third kappa shape index (κ3) is 3.39. The van der Waals surface area contributed by atoms with Crippen LogP contribution in [0.15, 0.2) is 35.0 Å². The Morgan fingerprint density at radius 1 is 1.24 bits per heavy atom. The molecule has 0 radical (unpaired) electrons. The van der Waals surface area contributed by atoms with Crippen molar-refractivity contribution in [1.29, 1.82) is 0 Å². The zero-order chi connectivity index (χ0) is 17.2. The molecule has 0 unspecified atom stereocenters. The van der Waals surface area contributed by atoms with E-state index in [-0.39, 0.29) is 23.7 Å². The van der Waals surface area contributed by atoms with Gasteiger partial charge in [-0.1, -0.05) is 34.8 Å². The van der Waals surface area contributed by atoms with E-state index < -0.39 is 0 Å². The van der Waals surface area contributed by atoms with Crippen molar-refractivity contribution in [3.05, 3.63) is 41.4 Å². The Morgan fingerprint density at radius 2 is 2.00 bits per heavy atom. The van der Waals surface area contributed by atoms with Crippen LogP contribution in [0.1, 0.15) is 36.4 Å². The molecule has 1 aliphatic rings. The van der Waals surface area contributed by atoms with E-state index in [1.165, 1.54) is 0 Å². The second-order valence-electron chi connectivity index (χ2n) is 5.90. The quantitative estimate of drug-likeness (QED) is 0.769. The maximum Gasteiger partial charge on any atom is 0.316 e. The van der Waals surface area contributed by atoms with Crippen LogP contribution in [0.2, 0.25) is 5.02 Å². The van der Waals surface area contributed by atoms with Crippen LogP contribution >= 0.6 is 11.6 Å². The van der Waals surface area contributed by atoms with E-state index in [0.29, 0.717) is 10.7 Å². The fourth-order valence-corrected chi connectivity index (χ4v) is 2.95. The van der Waals surface area contributed by atoms with Crippen molar-refractivity contribution >= 4 is 17.5 Å². The molecule has 0 spiro atoms. The van der Waals surface area contributed by atoms with Gasteiger partial charge in [0.05, 0.1) is 11.9 Å². The fourth-order valence-electron chi connectivity index (χ4n) is 2.82. The molecular formula is C16H15ClN6O2. The summed E-state index contributed by atoms with van der Waals surface area (Å²) in [6.07, 6.45) is 5.90. The number of hydrogen-bond acceptors (Lipinski definition) is 6. The van der Waals surface area contributed by atoms with Crippen molar-refractivity contribution in [2.24, 2.45) is 0 Å². The van der Waals surface area contributed by atoms with Gasteiger partial charge in [-0.05, 0) is 37.1 Å². The Balaban J connectivity index is 1.50. The summed E-state index contributed by atoms with van der Waals surface area (Å²) in [5.74, 6) is -0.199. The van der Waals surface area contributed by atoms with Crippen molar-refractivity contribution in [1.82, 2.24) is 30.5 Å². The standard InChI is InChI=1S/C16H15ClN6O2/c17-10-5-7-12(8-6-10)23-9-13(20-22-23)14-19-16(25-21-14)15(24)18-11-3-1-2-4-11/h5-9,11H,1-4H2,(H,18,24). The van der Waals surface area contributed by atoms with Gasteiger partial charge < -0.3 is 9.84 Å². The van der Waals surface area contributed by atoms with E-state index in [9.17, 15) is 4.79 Å². The molecule has 2 heterocycles. The summed E-state index contributed by atoms with van der Waals surface area (Å²) in [7, 11) is 0. The molecule has 1 saturated carbocycles. The zero-order valence-corrected chi connectivity index (χ0v) is 14.0. The first-order chi connectivity index (χ1) is 12.2. The second kappa shape index (κ2) is 6.64. The van der Waals surface area contributed by atoms with Crippen molar-refractivity contribution < 1.29 is 9.32 Å². The lowest BCUT2D eigenvalue weighted by Gasteiger charge is -2.08. The van der Waals surface area contributed by atoms with Gasteiger partial charge in [0.1, 0.15) is 0 Å². The minimum atomic E-state index is -0.351. The van der Waals surface area contributed by atoms with E-state index in [1.807, 2.05) is 12.1 Å². The molecule has 8 nitrogen and oxygen atoms in total. The molecule has 2 aromatic heterocycles. The number of rotatable bonds is 4. The van der Waals surface area contributed by atoms with Gasteiger partial charge >= 0.3 is 11.8 Å². The largest absolute Gasteiger partial charge is 0.345 e. The summed E-state index contributed by atoms with van der Waals surface area (Å²) in [4.78, 5) is 16.3. The van der Waals surface area contributed by atoms with Crippen LogP contribution in [-0.4, -0.2) is 37.1 Å². The average Bonchev–Trinajstić information content (AvgIpc) is 3.36. The van der Waals surface area contributed by atoms with Gasteiger partial charge in [0.25, 0.3) is 0 Å². The molecule has 0 atom stereocenters. The number of carbonyl (C=O) groups is 1.